The van der Waals surface area contributed by atoms with Gasteiger partial charge in [0.15, 0.2) is 0 Å². The lowest BCUT2D eigenvalue weighted by atomic mass is 10.0. The number of nitrogens with one attached hydrogen (secondary N) is 2. The van der Waals surface area contributed by atoms with E-state index in [1.807, 2.05) is 52.8 Å². The Labute approximate surface area is 141 Å². The SMILES string of the molecule is Cc1cc(C)cc(C(O)CNC(=O)NCCS(=O)C(C)(C)C)c1. The van der Waals surface area contributed by atoms with Crippen LogP contribution in [-0.4, -0.2) is 38.9 Å². The molecule has 0 saturated carbocycles. The lowest BCUT2D eigenvalue weighted by molar-refractivity contribution is 0.173. The predicted molar refractivity (Wildman–Crippen MR) is 95.0 cm³/mol. The average molecular weight is 340 g/mol. The first kappa shape index (κ1) is 19.6. The maximum Gasteiger partial charge on any atom is 0.314 e. The maximum absolute atomic E-state index is 11.9. The summed E-state index contributed by atoms with van der Waals surface area (Å²) in [5, 5.41) is 15.4. The van der Waals surface area contributed by atoms with Crippen LogP contribution in [-0.2, 0) is 10.8 Å². The van der Waals surface area contributed by atoms with Gasteiger partial charge in [-0.3, -0.25) is 4.21 Å². The highest BCUT2D eigenvalue weighted by Gasteiger charge is 2.19. The van der Waals surface area contributed by atoms with E-state index in [1.54, 1.807) is 0 Å². The Morgan fingerprint density at radius 1 is 1.17 bits per heavy atom. The van der Waals surface area contributed by atoms with Gasteiger partial charge in [-0.15, -0.1) is 0 Å². The van der Waals surface area contributed by atoms with E-state index in [9.17, 15) is 14.1 Å². The first-order chi connectivity index (χ1) is 10.6. The lowest BCUT2D eigenvalue weighted by Gasteiger charge is -2.18. The number of carbonyl (C=O) groups excluding carboxylic acids is 1. The maximum atomic E-state index is 11.9. The molecule has 1 rings (SSSR count). The van der Waals surface area contributed by atoms with Crippen molar-refractivity contribution >= 4 is 16.8 Å². The summed E-state index contributed by atoms with van der Waals surface area (Å²) in [6.07, 6.45) is -0.747. The Balaban J connectivity index is 2.37. The number of aryl methyl sites for hydroxylation is 2. The third-order valence-corrected chi connectivity index (χ3v) is 5.28. The van der Waals surface area contributed by atoms with Crippen LogP contribution in [0.4, 0.5) is 4.79 Å². The van der Waals surface area contributed by atoms with Crippen molar-refractivity contribution in [2.24, 2.45) is 0 Å². The molecule has 2 atom stereocenters. The van der Waals surface area contributed by atoms with E-state index in [0.717, 1.165) is 16.7 Å². The van der Waals surface area contributed by atoms with E-state index in [1.165, 1.54) is 0 Å². The van der Waals surface area contributed by atoms with Crippen molar-refractivity contribution in [2.75, 3.05) is 18.8 Å². The zero-order chi connectivity index (χ0) is 17.6. The Hall–Kier alpha value is -1.40. The summed E-state index contributed by atoms with van der Waals surface area (Å²) in [5.74, 6) is 0.413. The van der Waals surface area contributed by atoms with Gasteiger partial charge in [0.1, 0.15) is 0 Å². The fourth-order valence-corrected chi connectivity index (χ4v) is 3.04. The molecule has 0 aliphatic carbocycles. The van der Waals surface area contributed by atoms with E-state index in [2.05, 4.69) is 10.6 Å². The standard InChI is InChI=1S/C17H28N2O3S/c1-12-8-13(2)10-14(9-12)15(20)11-19-16(21)18-6-7-23(22)17(3,4)5/h8-10,15,20H,6-7,11H2,1-5H3,(H2,18,19,21). The van der Waals surface area contributed by atoms with Crippen molar-refractivity contribution in [3.8, 4) is 0 Å². The number of rotatable bonds is 6. The van der Waals surface area contributed by atoms with Crippen molar-refractivity contribution in [1.82, 2.24) is 10.6 Å². The Bertz CT molecular complexity index is 547. The third kappa shape index (κ3) is 7.14. The van der Waals surface area contributed by atoms with Crippen LogP contribution in [0.25, 0.3) is 0 Å². The van der Waals surface area contributed by atoms with Gasteiger partial charge >= 0.3 is 6.03 Å². The summed E-state index contributed by atoms with van der Waals surface area (Å²) in [7, 11) is -0.993. The van der Waals surface area contributed by atoms with Gasteiger partial charge in [-0.2, -0.15) is 0 Å². The van der Waals surface area contributed by atoms with Gasteiger partial charge in [-0.1, -0.05) is 29.3 Å². The average Bonchev–Trinajstić information content (AvgIpc) is 2.42. The van der Waals surface area contributed by atoms with E-state index < -0.39 is 16.9 Å². The predicted octanol–water partition coefficient (Wildman–Crippen LogP) is 2.18. The molecule has 0 radical (unpaired) electrons. The number of amides is 2. The van der Waals surface area contributed by atoms with Crippen LogP contribution < -0.4 is 10.6 Å². The van der Waals surface area contributed by atoms with Crippen LogP contribution in [0.3, 0.4) is 0 Å². The first-order valence-corrected chi connectivity index (χ1v) is 9.08. The van der Waals surface area contributed by atoms with Crippen LogP contribution in [0.2, 0.25) is 0 Å². The summed E-state index contributed by atoms with van der Waals surface area (Å²) < 4.78 is 11.6. The van der Waals surface area contributed by atoms with E-state index in [4.69, 9.17) is 0 Å². The minimum Gasteiger partial charge on any atom is -0.387 e. The van der Waals surface area contributed by atoms with E-state index >= 15 is 0 Å². The highest BCUT2D eigenvalue weighted by Crippen LogP contribution is 2.16. The van der Waals surface area contributed by atoms with Gasteiger partial charge in [0.25, 0.3) is 0 Å². The normalized spacial score (nSPS) is 14.2. The van der Waals surface area contributed by atoms with E-state index in [-0.39, 0.29) is 17.3 Å². The fourth-order valence-electron chi connectivity index (χ4n) is 2.14. The fraction of sp³-hybridized carbons (Fsp3) is 0.588. The van der Waals surface area contributed by atoms with Crippen LogP contribution in [0.15, 0.2) is 18.2 Å². The van der Waals surface area contributed by atoms with Crippen LogP contribution in [0.1, 0.15) is 43.6 Å². The quantitative estimate of drug-likeness (QED) is 0.743. The molecule has 0 heterocycles. The number of carbonyl (C=O) groups is 1. The minimum atomic E-state index is -0.993. The van der Waals surface area contributed by atoms with Crippen LogP contribution >= 0.6 is 0 Å². The molecule has 23 heavy (non-hydrogen) atoms. The van der Waals surface area contributed by atoms with Gasteiger partial charge in [-0.25, -0.2) is 4.79 Å². The molecule has 5 nitrogen and oxygen atoms in total. The van der Waals surface area contributed by atoms with E-state index in [0.29, 0.717) is 12.3 Å². The molecular formula is C17H28N2O3S. The number of aliphatic hydroxyl groups is 1. The first-order valence-electron chi connectivity index (χ1n) is 7.76. The number of aliphatic hydroxyl groups excluding tert-OH is 1. The molecule has 0 fully saturated rings. The van der Waals surface area contributed by atoms with Crippen molar-refractivity contribution < 1.29 is 14.1 Å². The molecule has 2 amide bonds. The summed E-state index contributed by atoms with van der Waals surface area (Å²) in [4.78, 5) is 11.7. The summed E-state index contributed by atoms with van der Waals surface area (Å²) in [5.41, 5.74) is 2.94. The lowest BCUT2D eigenvalue weighted by Crippen LogP contribution is -2.40. The molecule has 3 N–H and O–H groups in total. The zero-order valence-corrected chi connectivity index (χ0v) is 15.4. The molecule has 0 aromatic heterocycles. The molecule has 1 aromatic carbocycles. The summed E-state index contributed by atoms with van der Waals surface area (Å²) in [6.45, 7) is 10.1. The highest BCUT2D eigenvalue weighted by atomic mass is 32.2. The Morgan fingerprint density at radius 3 is 2.26 bits per heavy atom. The summed E-state index contributed by atoms with van der Waals surface area (Å²) >= 11 is 0. The molecule has 0 aliphatic rings. The smallest absolute Gasteiger partial charge is 0.314 e. The molecule has 0 aliphatic heterocycles. The highest BCUT2D eigenvalue weighted by molar-refractivity contribution is 7.86. The van der Waals surface area contributed by atoms with Gasteiger partial charge in [0.05, 0.1) is 6.10 Å². The van der Waals surface area contributed by atoms with Crippen molar-refractivity contribution in [1.29, 1.82) is 0 Å². The molecule has 2 unspecified atom stereocenters. The number of benzene rings is 1. The molecule has 0 saturated heterocycles. The summed E-state index contributed by atoms with van der Waals surface area (Å²) in [6, 6.07) is 5.48. The largest absolute Gasteiger partial charge is 0.387 e. The molecular weight excluding hydrogens is 312 g/mol. The Kier molecular flexibility index (Phi) is 7.22. The van der Waals surface area contributed by atoms with Gasteiger partial charge in [0, 0.05) is 34.4 Å². The zero-order valence-electron chi connectivity index (χ0n) is 14.6. The van der Waals surface area contributed by atoms with Gasteiger partial charge in [0.2, 0.25) is 0 Å². The molecule has 0 bridgehead atoms. The molecule has 1 aromatic rings. The van der Waals surface area contributed by atoms with Crippen molar-refractivity contribution in [3.05, 3.63) is 34.9 Å². The molecule has 6 heteroatoms. The number of hydrogen-bond acceptors (Lipinski definition) is 3. The minimum absolute atomic E-state index is 0.136. The monoisotopic (exact) mass is 340 g/mol. The third-order valence-electron chi connectivity index (χ3n) is 3.34. The van der Waals surface area contributed by atoms with Crippen LogP contribution in [0.5, 0.6) is 0 Å². The van der Waals surface area contributed by atoms with Gasteiger partial charge in [-0.05, 0) is 40.2 Å². The van der Waals surface area contributed by atoms with Crippen LogP contribution in [0, 0.1) is 13.8 Å². The second-order valence-corrected chi connectivity index (χ2v) is 9.06. The van der Waals surface area contributed by atoms with Crippen molar-refractivity contribution in [2.45, 2.75) is 45.5 Å². The van der Waals surface area contributed by atoms with Gasteiger partial charge < -0.3 is 15.7 Å². The topological polar surface area (TPSA) is 78.4 Å². The second kappa shape index (κ2) is 8.45. The Morgan fingerprint density at radius 2 is 1.74 bits per heavy atom. The molecule has 130 valence electrons. The van der Waals surface area contributed by atoms with Crippen molar-refractivity contribution in [3.63, 3.8) is 0 Å². The second-order valence-electron chi connectivity index (χ2n) is 6.74. The molecule has 0 spiro atoms. The number of hydrogen-bond donors (Lipinski definition) is 3. The number of urea groups is 1.